The molecule has 1 N–H and O–H groups in total. The Hall–Kier alpha value is -0.0500. The molecule has 1 aliphatic carbocycles. The predicted molar refractivity (Wildman–Crippen MR) is 61.7 cm³/mol. The summed E-state index contributed by atoms with van der Waals surface area (Å²) in [6.07, 6.45) is 0.683. The molecule has 1 aromatic rings. The normalized spacial score (nSPS) is 31.3. The first-order valence-electron chi connectivity index (χ1n) is 4.72. The summed E-state index contributed by atoms with van der Waals surface area (Å²) in [6.45, 7) is 2.07. The number of benzene rings is 1. The molecule has 3 unspecified atom stereocenters. The minimum atomic E-state index is -0.153. The van der Waals surface area contributed by atoms with Crippen LogP contribution >= 0.6 is 27.5 Å². The predicted octanol–water partition coefficient (Wildman–Crippen LogP) is 3.59. The fourth-order valence-electron chi connectivity index (χ4n) is 1.97. The van der Waals surface area contributed by atoms with Gasteiger partial charge in [-0.1, -0.05) is 40.5 Å². The van der Waals surface area contributed by atoms with E-state index in [0.29, 0.717) is 11.8 Å². The van der Waals surface area contributed by atoms with Crippen molar-refractivity contribution < 1.29 is 5.11 Å². The highest BCUT2D eigenvalue weighted by Crippen LogP contribution is 2.45. The Morgan fingerprint density at radius 3 is 2.71 bits per heavy atom. The summed E-state index contributed by atoms with van der Waals surface area (Å²) in [5, 5.41) is 10.2. The van der Waals surface area contributed by atoms with E-state index in [1.807, 2.05) is 18.2 Å². The summed E-state index contributed by atoms with van der Waals surface area (Å²) in [7, 11) is 0. The maximum absolute atomic E-state index is 9.44. The highest BCUT2D eigenvalue weighted by molar-refractivity contribution is 9.10. The van der Waals surface area contributed by atoms with Gasteiger partial charge in [0.15, 0.2) is 0 Å². The fraction of sp³-hybridized carbons (Fsp3) is 0.455. The molecule has 1 aliphatic rings. The number of aliphatic hydroxyl groups excluding tert-OH is 1. The second-order valence-electron chi connectivity index (χ2n) is 3.93. The van der Waals surface area contributed by atoms with Crippen molar-refractivity contribution >= 4 is 27.5 Å². The summed E-state index contributed by atoms with van der Waals surface area (Å²) < 4.78 is 0.999. The summed E-state index contributed by atoms with van der Waals surface area (Å²) in [5.74, 6) is 0.749. The van der Waals surface area contributed by atoms with Crippen molar-refractivity contribution in [1.82, 2.24) is 0 Å². The van der Waals surface area contributed by atoms with E-state index < -0.39 is 0 Å². The monoisotopic (exact) mass is 274 g/mol. The first-order chi connectivity index (χ1) is 6.59. The summed E-state index contributed by atoms with van der Waals surface area (Å²) >= 11 is 9.52. The third-order valence-corrected chi connectivity index (χ3v) is 3.92. The zero-order chi connectivity index (χ0) is 10.3. The van der Waals surface area contributed by atoms with Crippen molar-refractivity contribution in [3.8, 4) is 0 Å². The molecule has 0 amide bonds. The molecule has 3 atom stereocenters. The highest BCUT2D eigenvalue weighted by atomic mass is 79.9. The van der Waals surface area contributed by atoms with Crippen molar-refractivity contribution in [3.63, 3.8) is 0 Å². The Balaban J connectivity index is 2.25. The van der Waals surface area contributed by atoms with Gasteiger partial charge in [0.2, 0.25) is 0 Å². The van der Waals surface area contributed by atoms with E-state index >= 15 is 0 Å². The Morgan fingerprint density at radius 2 is 2.21 bits per heavy atom. The Kier molecular flexibility index (Phi) is 2.87. The molecule has 1 fully saturated rings. The summed E-state index contributed by atoms with van der Waals surface area (Å²) in [6, 6.07) is 5.95. The SMILES string of the molecule is CC1C(O)CC1c1ccc(Br)cc1Cl. The lowest BCUT2D eigenvalue weighted by molar-refractivity contribution is 0.0117. The van der Waals surface area contributed by atoms with E-state index in [0.717, 1.165) is 21.5 Å². The second kappa shape index (κ2) is 3.84. The topological polar surface area (TPSA) is 20.2 Å². The van der Waals surface area contributed by atoms with Crippen LogP contribution in [-0.4, -0.2) is 11.2 Å². The van der Waals surface area contributed by atoms with E-state index in [1.54, 1.807) is 0 Å². The molecule has 0 aromatic heterocycles. The number of hydrogen-bond donors (Lipinski definition) is 1. The zero-order valence-electron chi connectivity index (χ0n) is 7.87. The van der Waals surface area contributed by atoms with Crippen LogP contribution in [0.1, 0.15) is 24.8 Å². The molecule has 0 aliphatic heterocycles. The molecule has 0 radical (unpaired) electrons. The Morgan fingerprint density at radius 1 is 1.50 bits per heavy atom. The van der Waals surface area contributed by atoms with E-state index in [-0.39, 0.29) is 6.10 Å². The minimum absolute atomic E-state index is 0.153. The van der Waals surface area contributed by atoms with E-state index in [9.17, 15) is 5.11 Å². The van der Waals surface area contributed by atoms with Gasteiger partial charge in [0.25, 0.3) is 0 Å². The molecular formula is C11H12BrClO. The van der Waals surface area contributed by atoms with Crippen molar-refractivity contribution in [2.45, 2.75) is 25.4 Å². The maximum atomic E-state index is 9.44. The quantitative estimate of drug-likeness (QED) is 0.830. The fourth-order valence-corrected chi connectivity index (χ4v) is 2.79. The molecule has 0 spiro atoms. The molecule has 0 saturated heterocycles. The molecular weight excluding hydrogens is 263 g/mol. The summed E-state index contributed by atoms with van der Waals surface area (Å²) in [4.78, 5) is 0. The first-order valence-corrected chi connectivity index (χ1v) is 5.89. The lowest BCUT2D eigenvalue weighted by Crippen LogP contribution is -2.37. The first kappa shape index (κ1) is 10.5. The average molecular weight is 276 g/mol. The number of aliphatic hydroxyl groups is 1. The van der Waals surface area contributed by atoms with E-state index in [4.69, 9.17) is 11.6 Å². The second-order valence-corrected chi connectivity index (χ2v) is 5.26. The van der Waals surface area contributed by atoms with Gasteiger partial charge in [0.1, 0.15) is 0 Å². The van der Waals surface area contributed by atoms with Crippen LogP contribution in [0.4, 0.5) is 0 Å². The van der Waals surface area contributed by atoms with Crippen LogP contribution in [0.3, 0.4) is 0 Å². The molecule has 1 aromatic carbocycles. The molecule has 0 bridgehead atoms. The molecule has 2 rings (SSSR count). The van der Waals surface area contributed by atoms with Crippen molar-refractivity contribution in [1.29, 1.82) is 0 Å². The third kappa shape index (κ3) is 1.71. The number of halogens is 2. The van der Waals surface area contributed by atoms with Crippen LogP contribution in [0.25, 0.3) is 0 Å². The van der Waals surface area contributed by atoms with Gasteiger partial charge in [0, 0.05) is 9.50 Å². The molecule has 0 heterocycles. The van der Waals surface area contributed by atoms with Crippen LogP contribution in [-0.2, 0) is 0 Å². The van der Waals surface area contributed by atoms with Crippen LogP contribution in [0.15, 0.2) is 22.7 Å². The van der Waals surface area contributed by atoms with Crippen LogP contribution in [0.5, 0.6) is 0 Å². The summed E-state index contributed by atoms with van der Waals surface area (Å²) in [5.41, 5.74) is 1.16. The number of rotatable bonds is 1. The van der Waals surface area contributed by atoms with Gasteiger partial charge in [-0.15, -0.1) is 0 Å². The molecule has 14 heavy (non-hydrogen) atoms. The minimum Gasteiger partial charge on any atom is -0.393 e. The molecule has 1 nitrogen and oxygen atoms in total. The Labute approximate surface area is 97.2 Å². The van der Waals surface area contributed by atoms with Gasteiger partial charge in [-0.25, -0.2) is 0 Å². The van der Waals surface area contributed by atoms with E-state index in [1.165, 1.54) is 0 Å². The van der Waals surface area contributed by atoms with Crippen LogP contribution in [0, 0.1) is 5.92 Å². The number of hydrogen-bond acceptors (Lipinski definition) is 1. The van der Waals surface area contributed by atoms with Gasteiger partial charge in [-0.05, 0) is 36.0 Å². The standard InChI is InChI=1S/C11H12BrClO/c1-6-9(5-11(6)14)8-3-2-7(12)4-10(8)13/h2-4,6,9,11,14H,5H2,1H3. The highest BCUT2D eigenvalue weighted by Gasteiger charge is 2.38. The smallest absolute Gasteiger partial charge is 0.0577 e. The van der Waals surface area contributed by atoms with Gasteiger partial charge >= 0.3 is 0 Å². The van der Waals surface area contributed by atoms with Crippen molar-refractivity contribution in [3.05, 3.63) is 33.3 Å². The van der Waals surface area contributed by atoms with Gasteiger partial charge in [-0.3, -0.25) is 0 Å². The molecule has 76 valence electrons. The Bertz CT molecular complexity index is 353. The van der Waals surface area contributed by atoms with Gasteiger partial charge in [-0.2, -0.15) is 0 Å². The maximum Gasteiger partial charge on any atom is 0.0577 e. The van der Waals surface area contributed by atoms with Gasteiger partial charge < -0.3 is 5.11 Å². The molecule has 1 saturated carbocycles. The lowest BCUT2D eigenvalue weighted by Gasteiger charge is -2.40. The third-order valence-electron chi connectivity index (χ3n) is 3.10. The zero-order valence-corrected chi connectivity index (χ0v) is 10.2. The lowest BCUT2D eigenvalue weighted by atomic mass is 9.69. The van der Waals surface area contributed by atoms with Crippen LogP contribution < -0.4 is 0 Å². The van der Waals surface area contributed by atoms with Crippen molar-refractivity contribution in [2.75, 3.05) is 0 Å². The van der Waals surface area contributed by atoms with Gasteiger partial charge in [0.05, 0.1) is 6.10 Å². The molecule has 3 heteroatoms. The average Bonchev–Trinajstić information content (AvgIpc) is 2.15. The largest absolute Gasteiger partial charge is 0.393 e. The van der Waals surface area contributed by atoms with Crippen molar-refractivity contribution in [2.24, 2.45) is 5.92 Å². The van der Waals surface area contributed by atoms with E-state index in [2.05, 4.69) is 22.9 Å². The van der Waals surface area contributed by atoms with Crippen LogP contribution in [0.2, 0.25) is 5.02 Å².